The van der Waals surface area contributed by atoms with E-state index in [1.165, 1.54) is 0 Å². The molecule has 0 N–H and O–H groups in total. The Bertz CT molecular complexity index is 898. The number of hydrogen-bond acceptors (Lipinski definition) is 6. The minimum absolute atomic E-state index is 0.105. The van der Waals surface area contributed by atoms with E-state index in [2.05, 4.69) is 19.9 Å². The molecule has 0 saturated carbocycles. The van der Waals surface area contributed by atoms with Crippen LogP contribution in [0.15, 0.2) is 30.5 Å². The van der Waals surface area contributed by atoms with Gasteiger partial charge in [0, 0.05) is 6.20 Å². The van der Waals surface area contributed by atoms with Crippen LogP contribution in [0.3, 0.4) is 0 Å². The van der Waals surface area contributed by atoms with Gasteiger partial charge in [-0.2, -0.15) is 0 Å². The van der Waals surface area contributed by atoms with E-state index in [0.717, 1.165) is 11.3 Å². The van der Waals surface area contributed by atoms with Crippen molar-refractivity contribution < 1.29 is 9.53 Å². The molecule has 0 unspecified atom stereocenters. The predicted octanol–water partition coefficient (Wildman–Crippen LogP) is 3.23. The zero-order chi connectivity index (χ0) is 16.4. The summed E-state index contributed by atoms with van der Waals surface area (Å²) >= 11 is 6.12. The first-order chi connectivity index (χ1) is 11.1. The predicted molar refractivity (Wildman–Crippen MR) is 86.3 cm³/mol. The number of rotatable bonds is 3. The van der Waals surface area contributed by atoms with E-state index in [-0.39, 0.29) is 17.6 Å². The van der Waals surface area contributed by atoms with Crippen LogP contribution in [-0.2, 0) is 4.74 Å². The van der Waals surface area contributed by atoms with Gasteiger partial charge in [0.15, 0.2) is 5.65 Å². The summed E-state index contributed by atoms with van der Waals surface area (Å²) in [7, 11) is 0. The molecule has 0 bridgehead atoms. The maximum Gasteiger partial charge on any atom is 0.376 e. The fraction of sp³-hybridized carbons (Fsp3) is 0.188. The zero-order valence-corrected chi connectivity index (χ0v) is 13.3. The van der Waals surface area contributed by atoms with Crippen LogP contribution in [0.4, 0.5) is 0 Å². The third-order valence-corrected chi connectivity index (χ3v) is 3.51. The molecule has 3 aromatic rings. The fourth-order valence-corrected chi connectivity index (χ4v) is 2.37. The Morgan fingerprint density at radius 1 is 1.22 bits per heavy atom. The molecule has 0 fully saturated rings. The Morgan fingerprint density at radius 3 is 2.78 bits per heavy atom. The van der Waals surface area contributed by atoms with Crippen LogP contribution in [0.25, 0.3) is 22.4 Å². The molecule has 0 aliphatic carbocycles. The lowest BCUT2D eigenvalue weighted by molar-refractivity contribution is 0.0512. The van der Waals surface area contributed by atoms with Crippen LogP contribution < -0.4 is 0 Å². The third-order valence-electron chi connectivity index (χ3n) is 3.22. The van der Waals surface area contributed by atoms with Gasteiger partial charge in [0.05, 0.1) is 23.4 Å². The van der Waals surface area contributed by atoms with Crippen LogP contribution in [0.5, 0.6) is 0 Å². The summed E-state index contributed by atoms with van der Waals surface area (Å²) < 4.78 is 4.90. The van der Waals surface area contributed by atoms with E-state index in [1.54, 1.807) is 25.3 Å². The molecule has 0 saturated heterocycles. The number of pyridine rings is 2. The fourth-order valence-electron chi connectivity index (χ4n) is 2.15. The Hall–Kier alpha value is -2.60. The quantitative estimate of drug-likeness (QED) is 0.542. The van der Waals surface area contributed by atoms with Crippen LogP contribution >= 0.6 is 11.6 Å². The van der Waals surface area contributed by atoms with Crippen molar-refractivity contribution >= 4 is 28.6 Å². The summed E-state index contributed by atoms with van der Waals surface area (Å²) in [5, 5.41) is 0.729. The molecule has 0 aliphatic heterocycles. The van der Waals surface area contributed by atoms with Gasteiger partial charge in [-0.3, -0.25) is 4.98 Å². The van der Waals surface area contributed by atoms with Crippen molar-refractivity contribution in [2.24, 2.45) is 0 Å². The highest BCUT2D eigenvalue weighted by molar-refractivity contribution is 6.34. The molecule has 7 heteroatoms. The molecule has 0 amide bonds. The van der Waals surface area contributed by atoms with Gasteiger partial charge in [0.1, 0.15) is 5.15 Å². The van der Waals surface area contributed by atoms with Crippen LogP contribution in [-0.4, -0.2) is 32.5 Å². The molecule has 0 aliphatic rings. The first-order valence-electron chi connectivity index (χ1n) is 7.03. The largest absolute Gasteiger partial charge is 0.460 e. The van der Waals surface area contributed by atoms with Crippen molar-refractivity contribution in [3.63, 3.8) is 0 Å². The topological polar surface area (TPSA) is 77.9 Å². The number of fused-ring (bicyclic) bond motifs is 1. The molecule has 3 aromatic heterocycles. The monoisotopic (exact) mass is 328 g/mol. The lowest BCUT2D eigenvalue weighted by Crippen LogP contribution is -2.10. The second kappa shape index (κ2) is 6.26. The number of aromatic nitrogens is 4. The standard InChI is InChI=1S/C16H13ClN4O2/c1-3-23-16(22)15-20-13(17)10-6-7-11(19-14(10)21-15)12-9(2)5-4-8-18-12/h4-8H,3H2,1-2H3. The van der Waals surface area contributed by atoms with Crippen molar-refractivity contribution in [3.8, 4) is 11.4 Å². The van der Waals surface area contributed by atoms with Crippen molar-refractivity contribution in [1.82, 2.24) is 19.9 Å². The Balaban J connectivity index is 2.15. The highest BCUT2D eigenvalue weighted by Gasteiger charge is 2.16. The van der Waals surface area contributed by atoms with Gasteiger partial charge in [0.2, 0.25) is 5.82 Å². The number of aryl methyl sites for hydroxylation is 1. The first kappa shape index (κ1) is 15.3. The maximum atomic E-state index is 11.8. The number of ether oxygens (including phenoxy) is 1. The van der Waals surface area contributed by atoms with E-state index >= 15 is 0 Å². The van der Waals surface area contributed by atoms with Gasteiger partial charge in [-0.25, -0.2) is 19.7 Å². The molecule has 23 heavy (non-hydrogen) atoms. The van der Waals surface area contributed by atoms with Gasteiger partial charge in [-0.15, -0.1) is 0 Å². The van der Waals surface area contributed by atoms with Crippen LogP contribution in [0.1, 0.15) is 23.1 Å². The first-order valence-corrected chi connectivity index (χ1v) is 7.41. The average Bonchev–Trinajstić information content (AvgIpc) is 2.55. The number of carbonyl (C=O) groups excluding carboxylic acids is 1. The number of esters is 1. The summed E-state index contributed by atoms with van der Waals surface area (Å²) in [6, 6.07) is 7.38. The molecular formula is C16H13ClN4O2. The SMILES string of the molecule is CCOC(=O)c1nc(Cl)c2ccc(-c3ncccc3C)nc2n1. The summed E-state index contributed by atoms with van der Waals surface area (Å²) in [5.41, 5.74) is 2.72. The van der Waals surface area contributed by atoms with E-state index in [1.807, 2.05) is 19.1 Å². The van der Waals surface area contributed by atoms with Gasteiger partial charge in [-0.05, 0) is 37.6 Å². The van der Waals surface area contributed by atoms with Gasteiger partial charge in [0.25, 0.3) is 0 Å². The molecule has 6 nitrogen and oxygen atoms in total. The van der Waals surface area contributed by atoms with Crippen LogP contribution in [0, 0.1) is 6.92 Å². The highest BCUT2D eigenvalue weighted by atomic mass is 35.5. The van der Waals surface area contributed by atoms with Crippen molar-refractivity contribution in [2.75, 3.05) is 6.61 Å². The maximum absolute atomic E-state index is 11.8. The molecule has 0 atom stereocenters. The smallest absolute Gasteiger partial charge is 0.376 e. The lowest BCUT2D eigenvalue weighted by Gasteiger charge is -2.07. The highest BCUT2D eigenvalue weighted by Crippen LogP contribution is 2.24. The number of carbonyl (C=O) groups is 1. The normalized spacial score (nSPS) is 10.7. The molecule has 0 aromatic carbocycles. The van der Waals surface area contributed by atoms with Gasteiger partial charge < -0.3 is 4.74 Å². The third kappa shape index (κ3) is 2.98. The van der Waals surface area contributed by atoms with E-state index in [9.17, 15) is 4.79 Å². The minimum Gasteiger partial charge on any atom is -0.460 e. The molecule has 0 radical (unpaired) electrons. The summed E-state index contributed by atoms with van der Waals surface area (Å²) in [6.07, 6.45) is 1.70. The van der Waals surface area contributed by atoms with Crippen molar-refractivity contribution in [2.45, 2.75) is 13.8 Å². The van der Waals surface area contributed by atoms with E-state index in [0.29, 0.717) is 16.7 Å². The van der Waals surface area contributed by atoms with Crippen molar-refractivity contribution in [1.29, 1.82) is 0 Å². The second-order valence-electron chi connectivity index (χ2n) is 4.80. The number of nitrogens with zero attached hydrogens (tertiary/aromatic N) is 4. The van der Waals surface area contributed by atoms with Gasteiger partial charge >= 0.3 is 5.97 Å². The molecule has 3 heterocycles. The second-order valence-corrected chi connectivity index (χ2v) is 5.15. The van der Waals surface area contributed by atoms with E-state index < -0.39 is 5.97 Å². The number of hydrogen-bond donors (Lipinski definition) is 0. The zero-order valence-electron chi connectivity index (χ0n) is 12.6. The average molecular weight is 329 g/mol. The van der Waals surface area contributed by atoms with E-state index in [4.69, 9.17) is 16.3 Å². The molecule has 0 spiro atoms. The van der Waals surface area contributed by atoms with Gasteiger partial charge in [-0.1, -0.05) is 17.7 Å². The Morgan fingerprint density at radius 2 is 2.04 bits per heavy atom. The summed E-state index contributed by atoms with van der Waals surface area (Å²) in [4.78, 5) is 28.7. The summed E-state index contributed by atoms with van der Waals surface area (Å²) in [5.74, 6) is -0.732. The Labute approximate surface area is 137 Å². The lowest BCUT2D eigenvalue weighted by atomic mass is 10.1. The molecule has 3 rings (SSSR count). The van der Waals surface area contributed by atoms with Crippen LogP contribution in [0.2, 0.25) is 5.15 Å². The minimum atomic E-state index is -0.627. The molecular weight excluding hydrogens is 316 g/mol. The molecule has 116 valence electrons. The number of halogens is 1. The van der Waals surface area contributed by atoms with Crippen molar-refractivity contribution in [3.05, 3.63) is 47.0 Å². The Kier molecular flexibility index (Phi) is 4.16. The summed E-state index contributed by atoms with van der Waals surface area (Å²) in [6.45, 7) is 3.89.